The molecule has 7 heteroatoms. The molecule has 0 radical (unpaired) electrons. The molecular weight excluding hydrogens is 408 g/mol. The summed E-state index contributed by atoms with van der Waals surface area (Å²) < 4.78 is 0. The number of nitrogens with zero attached hydrogens (tertiary/aromatic N) is 4. The molecule has 1 saturated heterocycles. The number of hydrogen-bond acceptors (Lipinski definition) is 4. The molecule has 1 aromatic carbocycles. The Bertz CT molecular complexity index is 885. The van der Waals surface area contributed by atoms with Gasteiger partial charge in [0.1, 0.15) is 5.82 Å². The number of aliphatic imine (C=N–C) groups is 1. The fourth-order valence-electron chi connectivity index (χ4n) is 4.03. The van der Waals surface area contributed by atoms with Crippen LogP contribution in [0.15, 0.2) is 47.6 Å². The second kappa shape index (κ2) is 9.88. The number of nitrogens with one attached hydrogen (secondary N) is 2. The minimum atomic E-state index is 0.173. The van der Waals surface area contributed by atoms with E-state index in [-0.39, 0.29) is 5.41 Å². The summed E-state index contributed by atoms with van der Waals surface area (Å²) in [5.74, 6) is 1.90. The predicted octanol–water partition coefficient (Wildman–Crippen LogP) is 3.27. The van der Waals surface area contributed by atoms with Crippen molar-refractivity contribution >= 4 is 23.4 Å². The minimum Gasteiger partial charge on any atom is -0.357 e. The number of aromatic nitrogens is 1. The summed E-state index contributed by atoms with van der Waals surface area (Å²) in [4.78, 5) is 14.2. The van der Waals surface area contributed by atoms with Gasteiger partial charge in [0.25, 0.3) is 0 Å². The maximum atomic E-state index is 6.21. The molecule has 0 atom stereocenters. The van der Waals surface area contributed by atoms with E-state index in [9.17, 15) is 0 Å². The van der Waals surface area contributed by atoms with Crippen molar-refractivity contribution in [3.05, 3.63) is 58.7 Å². The van der Waals surface area contributed by atoms with Crippen molar-refractivity contribution in [1.29, 1.82) is 0 Å². The second-order valence-electron chi connectivity index (χ2n) is 8.65. The van der Waals surface area contributed by atoms with Gasteiger partial charge in [0, 0.05) is 55.9 Å². The summed E-state index contributed by atoms with van der Waals surface area (Å²) >= 11 is 6.21. The van der Waals surface area contributed by atoms with Gasteiger partial charge in [-0.25, -0.2) is 9.98 Å². The Balaban J connectivity index is 1.34. The van der Waals surface area contributed by atoms with Crippen LogP contribution in [0.2, 0.25) is 5.02 Å². The van der Waals surface area contributed by atoms with E-state index in [1.165, 1.54) is 18.4 Å². The highest BCUT2D eigenvalue weighted by Gasteiger charge is 2.44. The number of benzene rings is 1. The molecule has 1 aliphatic carbocycles. The average Bonchev–Trinajstić information content (AvgIpc) is 3.58. The van der Waals surface area contributed by atoms with Gasteiger partial charge in [-0.3, -0.25) is 0 Å². The van der Waals surface area contributed by atoms with E-state index >= 15 is 0 Å². The molecule has 31 heavy (non-hydrogen) atoms. The first-order valence-electron chi connectivity index (χ1n) is 11.2. The lowest BCUT2D eigenvalue weighted by Crippen LogP contribution is -2.44. The zero-order chi connectivity index (χ0) is 21.7. The molecule has 0 spiro atoms. The molecule has 2 aliphatic rings. The van der Waals surface area contributed by atoms with Gasteiger partial charge in [-0.1, -0.05) is 29.8 Å². The quantitative estimate of drug-likeness (QED) is 0.511. The number of guanidine groups is 1. The predicted molar refractivity (Wildman–Crippen MR) is 129 cm³/mol. The molecule has 6 nitrogen and oxygen atoms in total. The monoisotopic (exact) mass is 440 g/mol. The molecule has 0 amide bonds. The van der Waals surface area contributed by atoms with Crippen LogP contribution in [-0.2, 0) is 12.0 Å². The molecule has 0 bridgehead atoms. The topological polar surface area (TPSA) is 55.8 Å². The van der Waals surface area contributed by atoms with Crippen molar-refractivity contribution in [2.24, 2.45) is 4.99 Å². The minimum absolute atomic E-state index is 0.173. The lowest BCUT2D eigenvalue weighted by molar-refractivity contribution is 0.312. The number of anilines is 1. The van der Waals surface area contributed by atoms with E-state index < -0.39 is 0 Å². The highest BCUT2D eigenvalue weighted by atomic mass is 35.5. The maximum absolute atomic E-state index is 6.21. The van der Waals surface area contributed by atoms with E-state index in [2.05, 4.69) is 63.7 Å². The Hall–Kier alpha value is -2.31. The Kier molecular flexibility index (Phi) is 6.98. The van der Waals surface area contributed by atoms with Crippen LogP contribution >= 0.6 is 11.6 Å². The summed E-state index contributed by atoms with van der Waals surface area (Å²) in [5, 5.41) is 7.71. The van der Waals surface area contributed by atoms with E-state index in [1.807, 2.05) is 18.3 Å². The second-order valence-corrected chi connectivity index (χ2v) is 9.09. The number of hydrogen-bond donors (Lipinski definition) is 2. The highest BCUT2D eigenvalue weighted by Crippen LogP contribution is 2.48. The van der Waals surface area contributed by atoms with Crippen molar-refractivity contribution in [1.82, 2.24) is 20.5 Å². The average molecular weight is 441 g/mol. The number of pyridine rings is 1. The lowest BCUT2D eigenvalue weighted by atomic mass is 9.96. The van der Waals surface area contributed by atoms with Gasteiger partial charge in [0.15, 0.2) is 5.96 Å². The third-order valence-corrected chi connectivity index (χ3v) is 6.52. The Labute approximate surface area is 190 Å². The third-order valence-electron chi connectivity index (χ3n) is 6.29. The largest absolute Gasteiger partial charge is 0.357 e. The van der Waals surface area contributed by atoms with Crippen LogP contribution in [0, 0.1) is 0 Å². The van der Waals surface area contributed by atoms with E-state index in [4.69, 9.17) is 16.6 Å². The summed E-state index contributed by atoms with van der Waals surface area (Å²) in [5.41, 5.74) is 2.60. The van der Waals surface area contributed by atoms with E-state index in [1.54, 1.807) is 0 Å². The Morgan fingerprint density at radius 2 is 1.94 bits per heavy atom. The van der Waals surface area contributed by atoms with Gasteiger partial charge < -0.3 is 20.4 Å². The van der Waals surface area contributed by atoms with Crippen LogP contribution in [0.3, 0.4) is 0 Å². The number of rotatable bonds is 7. The number of piperazine rings is 1. The zero-order valence-corrected chi connectivity index (χ0v) is 19.3. The van der Waals surface area contributed by atoms with Gasteiger partial charge in [0.2, 0.25) is 0 Å². The smallest absolute Gasteiger partial charge is 0.191 e. The summed E-state index contributed by atoms with van der Waals surface area (Å²) in [6.07, 6.45) is 4.31. The van der Waals surface area contributed by atoms with Crippen molar-refractivity contribution in [2.45, 2.75) is 31.7 Å². The zero-order valence-electron chi connectivity index (χ0n) is 18.6. The van der Waals surface area contributed by atoms with Gasteiger partial charge in [-0.05, 0) is 56.1 Å². The molecule has 2 fully saturated rings. The number of halogens is 1. The molecule has 4 rings (SSSR count). The molecule has 1 saturated carbocycles. The first-order valence-corrected chi connectivity index (χ1v) is 11.6. The molecule has 2 N–H and O–H groups in total. The molecule has 2 heterocycles. The highest BCUT2D eigenvalue weighted by molar-refractivity contribution is 6.30. The van der Waals surface area contributed by atoms with Gasteiger partial charge in [0.05, 0.1) is 6.54 Å². The normalized spacial score (nSPS) is 18.7. The van der Waals surface area contributed by atoms with Gasteiger partial charge >= 0.3 is 0 Å². The van der Waals surface area contributed by atoms with Crippen molar-refractivity contribution in [2.75, 3.05) is 51.2 Å². The Morgan fingerprint density at radius 1 is 1.13 bits per heavy atom. The first kappa shape index (κ1) is 21.9. The fourth-order valence-corrected chi connectivity index (χ4v) is 4.22. The van der Waals surface area contributed by atoms with Crippen LogP contribution in [0.1, 0.15) is 30.9 Å². The van der Waals surface area contributed by atoms with E-state index in [0.717, 1.165) is 61.6 Å². The van der Waals surface area contributed by atoms with Crippen LogP contribution < -0.4 is 15.5 Å². The molecule has 2 aromatic rings. The van der Waals surface area contributed by atoms with Crippen LogP contribution in [0.5, 0.6) is 0 Å². The van der Waals surface area contributed by atoms with Crippen molar-refractivity contribution in [3.8, 4) is 0 Å². The molecule has 1 aromatic heterocycles. The SMILES string of the molecule is CCNC(=NCc1ccc(N2CCN(C)CC2)nc1)NCC1(c2cccc(Cl)c2)CC1. The fraction of sp³-hybridized carbons (Fsp3) is 0.500. The van der Waals surface area contributed by atoms with Crippen molar-refractivity contribution in [3.63, 3.8) is 0 Å². The third kappa shape index (κ3) is 5.69. The summed E-state index contributed by atoms with van der Waals surface area (Å²) in [6.45, 7) is 8.62. The van der Waals surface area contributed by atoms with E-state index in [0.29, 0.717) is 6.54 Å². The molecule has 1 aliphatic heterocycles. The summed E-state index contributed by atoms with van der Waals surface area (Å²) in [6, 6.07) is 12.5. The Morgan fingerprint density at radius 3 is 2.58 bits per heavy atom. The lowest BCUT2D eigenvalue weighted by Gasteiger charge is -2.33. The van der Waals surface area contributed by atoms with Crippen LogP contribution in [0.25, 0.3) is 0 Å². The molecular formula is C24H33ClN6. The molecule has 0 unspecified atom stereocenters. The standard InChI is InChI=1S/C24H33ClN6/c1-3-26-23(29-18-24(9-10-24)20-5-4-6-21(25)15-20)28-17-19-7-8-22(27-16-19)31-13-11-30(2)12-14-31/h4-8,15-16H,3,9-14,17-18H2,1-2H3,(H2,26,28,29). The summed E-state index contributed by atoms with van der Waals surface area (Å²) in [7, 11) is 2.17. The molecule has 166 valence electrons. The van der Waals surface area contributed by atoms with Crippen LogP contribution in [0.4, 0.5) is 5.82 Å². The van der Waals surface area contributed by atoms with Crippen LogP contribution in [-0.4, -0.2) is 62.2 Å². The first-order chi connectivity index (χ1) is 15.1. The van der Waals surface area contributed by atoms with Crippen molar-refractivity contribution < 1.29 is 0 Å². The maximum Gasteiger partial charge on any atom is 0.191 e. The number of likely N-dealkylation sites (N-methyl/N-ethyl adjacent to an activating group) is 1. The van der Waals surface area contributed by atoms with Gasteiger partial charge in [-0.2, -0.15) is 0 Å². The van der Waals surface area contributed by atoms with Gasteiger partial charge in [-0.15, -0.1) is 0 Å².